The molecule has 0 radical (unpaired) electrons. The number of hydrogen-bond donors (Lipinski definition) is 3. The van der Waals surface area contributed by atoms with Gasteiger partial charge in [0.25, 0.3) is 5.91 Å². The zero-order valence-corrected chi connectivity index (χ0v) is 10.3. The molecule has 0 aliphatic heterocycles. The maximum atomic E-state index is 11.8. The summed E-state index contributed by atoms with van der Waals surface area (Å²) in [6, 6.07) is 4.31. The minimum absolute atomic E-state index is 0.0631. The molecule has 0 aliphatic carbocycles. The molecule has 2 aromatic heterocycles. The van der Waals surface area contributed by atoms with Crippen LogP contribution in [0.4, 0.5) is 0 Å². The second-order valence-corrected chi connectivity index (χ2v) is 3.93. The summed E-state index contributed by atoms with van der Waals surface area (Å²) in [5, 5.41) is 20.8. The van der Waals surface area contributed by atoms with Crippen molar-refractivity contribution in [2.75, 3.05) is 0 Å². The number of carbonyl (C=O) groups is 2. The van der Waals surface area contributed by atoms with Crippen molar-refractivity contribution in [3.63, 3.8) is 0 Å². The molecule has 1 amide bonds. The molecule has 7 heteroatoms. The van der Waals surface area contributed by atoms with E-state index in [2.05, 4.69) is 15.3 Å². The average Bonchev–Trinajstić information content (AvgIpc) is 2.45. The summed E-state index contributed by atoms with van der Waals surface area (Å²) in [5.74, 6) is -1.76. The van der Waals surface area contributed by atoms with Crippen LogP contribution in [0.5, 0.6) is 5.75 Å². The van der Waals surface area contributed by atoms with Crippen molar-refractivity contribution in [1.29, 1.82) is 0 Å². The highest BCUT2D eigenvalue weighted by Crippen LogP contribution is 2.13. The second kappa shape index (κ2) is 5.79. The van der Waals surface area contributed by atoms with Crippen LogP contribution in [0.3, 0.4) is 0 Å². The fourth-order valence-electron chi connectivity index (χ4n) is 1.51. The molecular weight excluding hydrogens is 262 g/mol. The first kappa shape index (κ1) is 13.5. The highest BCUT2D eigenvalue weighted by molar-refractivity contribution is 5.96. The van der Waals surface area contributed by atoms with Crippen molar-refractivity contribution in [2.24, 2.45) is 0 Å². The summed E-state index contributed by atoms with van der Waals surface area (Å²) < 4.78 is 0. The molecule has 2 rings (SSSR count). The summed E-state index contributed by atoms with van der Waals surface area (Å²) in [5.41, 5.74) is 0.707. The van der Waals surface area contributed by atoms with Crippen LogP contribution in [-0.2, 0) is 6.54 Å². The Bertz CT molecular complexity index is 640. The molecule has 0 aliphatic rings. The summed E-state index contributed by atoms with van der Waals surface area (Å²) >= 11 is 0. The topological polar surface area (TPSA) is 112 Å². The van der Waals surface area contributed by atoms with Crippen LogP contribution < -0.4 is 5.32 Å². The number of rotatable bonds is 4. The van der Waals surface area contributed by atoms with E-state index in [0.717, 1.165) is 0 Å². The van der Waals surface area contributed by atoms with E-state index in [0.29, 0.717) is 5.56 Å². The third kappa shape index (κ3) is 3.08. The molecule has 20 heavy (non-hydrogen) atoms. The van der Waals surface area contributed by atoms with Crippen molar-refractivity contribution in [1.82, 2.24) is 15.3 Å². The molecule has 0 fully saturated rings. The van der Waals surface area contributed by atoms with Gasteiger partial charge in [-0.3, -0.25) is 9.78 Å². The molecule has 3 N–H and O–H groups in total. The Kier molecular flexibility index (Phi) is 3.90. The van der Waals surface area contributed by atoms with Crippen molar-refractivity contribution < 1.29 is 19.8 Å². The average molecular weight is 273 g/mol. The molecule has 0 unspecified atom stereocenters. The van der Waals surface area contributed by atoms with Gasteiger partial charge >= 0.3 is 5.97 Å². The molecule has 0 bridgehead atoms. The van der Waals surface area contributed by atoms with Gasteiger partial charge in [0.15, 0.2) is 0 Å². The number of pyridine rings is 2. The first-order valence-corrected chi connectivity index (χ1v) is 5.67. The van der Waals surface area contributed by atoms with Crippen molar-refractivity contribution >= 4 is 11.9 Å². The van der Waals surface area contributed by atoms with E-state index in [-0.39, 0.29) is 23.6 Å². The van der Waals surface area contributed by atoms with E-state index in [1.54, 1.807) is 6.07 Å². The number of aromatic hydroxyl groups is 1. The Labute approximate surface area is 113 Å². The highest BCUT2D eigenvalue weighted by atomic mass is 16.4. The van der Waals surface area contributed by atoms with Gasteiger partial charge in [0.1, 0.15) is 11.4 Å². The monoisotopic (exact) mass is 273 g/mol. The largest absolute Gasteiger partial charge is 0.505 e. The van der Waals surface area contributed by atoms with E-state index in [1.807, 2.05) is 0 Å². The lowest BCUT2D eigenvalue weighted by atomic mass is 10.2. The SMILES string of the molecule is O=C(O)c1ccc(CNC(=O)c2ccncc2O)cn1. The second-order valence-electron chi connectivity index (χ2n) is 3.93. The molecule has 0 aromatic carbocycles. The van der Waals surface area contributed by atoms with E-state index in [1.165, 1.54) is 30.7 Å². The fraction of sp³-hybridized carbons (Fsp3) is 0.0769. The zero-order chi connectivity index (χ0) is 14.5. The van der Waals surface area contributed by atoms with Crippen LogP contribution in [0.25, 0.3) is 0 Å². The van der Waals surface area contributed by atoms with Crippen molar-refractivity contribution in [3.05, 3.63) is 53.6 Å². The highest BCUT2D eigenvalue weighted by Gasteiger charge is 2.10. The number of aromatic carboxylic acids is 1. The molecule has 7 nitrogen and oxygen atoms in total. The fourth-order valence-corrected chi connectivity index (χ4v) is 1.51. The zero-order valence-electron chi connectivity index (χ0n) is 10.3. The van der Waals surface area contributed by atoms with Crippen molar-refractivity contribution in [3.8, 4) is 5.75 Å². The number of nitrogens with one attached hydrogen (secondary N) is 1. The van der Waals surface area contributed by atoms with Gasteiger partial charge in [-0.25, -0.2) is 9.78 Å². The Hall–Kier alpha value is -2.96. The quantitative estimate of drug-likeness (QED) is 0.759. The van der Waals surface area contributed by atoms with Crippen LogP contribution in [0.15, 0.2) is 36.8 Å². The van der Waals surface area contributed by atoms with Crippen LogP contribution in [0.2, 0.25) is 0 Å². The third-order valence-electron chi connectivity index (χ3n) is 2.54. The predicted molar refractivity (Wildman–Crippen MR) is 68.3 cm³/mol. The van der Waals surface area contributed by atoms with Gasteiger partial charge in [-0.05, 0) is 17.7 Å². The maximum absolute atomic E-state index is 11.8. The number of carboxylic acid groups (broad SMARTS) is 1. The standard InChI is InChI=1S/C13H11N3O4/c17-11-7-14-4-3-9(11)12(18)16-6-8-1-2-10(13(19)20)15-5-8/h1-5,7,17H,6H2,(H,16,18)(H,19,20). The summed E-state index contributed by atoms with van der Waals surface area (Å²) in [6.45, 7) is 0.174. The van der Waals surface area contributed by atoms with Gasteiger partial charge in [-0.15, -0.1) is 0 Å². The Balaban J connectivity index is 2.00. The lowest BCUT2D eigenvalue weighted by Crippen LogP contribution is -2.23. The van der Waals surface area contributed by atoms with Gasteiger partial charge in [0.2, 0.25) is 0 Å². The van der Waals surface area contributed by atoms with Crippen LogP contribution >= 0.6 is 0 Å². The first-order chi connectivity index (χ1) is 9.58. The van der Waals surface area contributed by atoms with E-state index in [9.17, 15) is 14.7 Å². The number of aromatic nitrogens is 2. The van der Waals surface area contributed by atoms with Gasteiger partial charge in [-0.2, -0.15) is 0 Å². The molecular formula is C13H11N3O4. The van der Waals surface area contributed by atoms with E-state index < -0.39 is 11.9 Å². The van der Waals surface area contributed by atoms with E-state index >= 15 is 0 Å². The van der Waals surface area contributed by atoms with Gasteiger partial charge in [-0.1, -0.05) is 6.07 Å². The number of carbonyl (C=O) groups excluding carboxylic acids is 1. The minimum Gasteiger partial charge on any atom is -0.505 e. The van der Waals surface area contributed by atoms with E-state index in [4.69, 9.17) is 5.11 Å². The van der Waals surface area contributed by atoms with Gasteiger partial charge in [0.05, 0.1) is 11.8 Å². The predicted octanol–water partition coefficient (Wildman–Crippen LogP) is 0.810. The molecule has 0 atom stereocenters. The minimum atomic E-state index is -1.11. The van der Waals surface area contributed by atoms with Gasteiger partial charge < -0.3 is 15.5 Å². The Morgan fingerprint density at radius 1 is 1.20 bits per heavy atom. The number of carboxylic acids is 1. The summed E-state index contributed by atoms with van der Waals surface area (Å²) in [7, 11) is 0. The van der Waals surface area contributed by atoms with Gasteiger partial charge in [0, 0.05) is 18.9 Å². The van der Waals surface area contributed by atoms with Crippen molar-refractivity contribution in [2.45, 2.75) is 6.54 Å². The molecule has 0 saturated heterocycles. The lowest BCUT2D eigenvalue weighted by Gasteiger charge is -2.06. The molecule has 102 valence electrons. The summed E-state index contributed by atoms with van der Waals surface area (Å²) in [4.78, 5) is 29.8. The molecule has 2 aromatic rings. The summed E-state index contributed by atoms with van der Waals surface area (Å²) in [6.07, 6.45) is 3.95. The smallest absolute Gasteiger partial charge is 0.354 e. The molecule has 2 heterocycles. The van der Waals surface area contributed by atoms with Crippen LogP contribution in [-0.4, -0.2) is 32.1 Å². The maximum Gasteiger partial charge on any atom is 0.354 e. The van der Waals surface area contributed by atoms with Crippen LogP contribution in [0.1, 0.15) is 26.4 Å². The van der Waals surface area contributed by atoms with Crippen LogP contribution in [0, 0.1) is 0 Å². The normalized spacial score (nSPS) is 10.0. The Morgan fingerprint density at radius 2 is 2.00 bits per heavy atom. The first-order valence-electron chi connectivity index (χ1n) is 5.67. The molecule has 0 spiro atoms. The number of nitrogens with zero attached hydrogens (tertiary/aromatic N) is 2. The third-order valence-corrected chi connectivity index (χ3v) is 2.54. The number of hydrogen-bond acceptors (Lipinski definition) is 5. The Morgan fingerprint density at radius 3 is 2.60 bits per heavy atom. The lowest BCUT2D eigenvalue weighted by molar-refractivity contribution is 0.0690. The molecule has 0 saturated carbocycles. The number of amides is 1.